The van der Waals surface area contributed by atoms with Crippen molar-refractivity contribution in [3.8, 4) is 17.2 Å². The first kappa shape index (κ1) is 22.8. The molecule has 0 radical (unpaired) electrons. The molecule has 0 aliphatic heterocycles. The Bertz CT molecular complexity index is 1240. The number of hydrogen-bond donors (Lipinski definition) is 0. The van der Waals surface area contributed by atoms with E-state index in [4.69, 9.17) is 20.8 Å². The smallest absolute Gasteiger partial charge is 0.253 e. The van der Waals surface area contributed by atoms with Gasteiger partial charge in [-0.2, -0.15) is 0 Å². The van der Waals surface area contributed by atoms with Crippen LogP contribution in [0, 0.1) is 5.82 Å². The van der Waals surface area contributed by atoms with E-state index >= 15 is 0 Å². The van der Waals surface area contributed by atoms with Gasteiger partial charge in [0.15, 0.2) is 5.09 Å². The Morgan fingerprint density at radius 2 is 1.82 bits per heavy atom. The van der Waals surface area contributed by atoms with Crippen molar-refractivity contribution in [3.63, 3.8) is 0 Å². The van der Waals surface area contributed by atoms with Gasteiger partial charge in [-0.15, -0.1) is 0 Å². The third kappa shape index (κ3) is 5.71. The number of nitrogens with zero attached hydrogens (tertiary/aromatic N) is 3. The monoisotopic (exact) mass is 483 g/mol. The SMILES string of the molecule is CN(C)C(=O)c1ccc(OCc2nc(-c3ccc(F)cc3)oc2Sc2ccc(Cl)cn2)cc1. The molecule has 168 valence electrons. The summed E-state index contributed by atoms with van der Waals surface area (Å²) in [6.07, 6.45) is 1.55. The van der Waals surface area contributed by atoms with E-state index < -0.39 is 0 Å². The van der Waals surface area contributed by atoms with Gasteiger partial charge in [0.1, 0.15) is 28.9 Å². The van der Waals surface area contributed by atoms with Crippen LogP contribution in [0.2, 0.25) is 5.02 Å². The zero-order valence-electron chi connectivity index (χ0n) is 17.8. The van der Waals surface area contributed by atoms with Gasteiger partial charge in [0.2, 0.25) is 5.89 Å². The molecular weight excluding hydrogens is 465 g/mol. The van der Waals surface area contributed by atoms with E-state index in [0.717, 1.165) is 0 Å². The molecule has 0 aliphatic rings. The lowest BCUT2D eigenvalue weighted by atomic mass is 10.2. The quantitative estimate of drug-likeness (QED) is 0.323. The Hall–Kier alpha value is -3.36. The minimum absolute atomic E-state index is 0.0869. The van der Waals surface area contributed by atoms with Crippen molar-refractivity contribution < 1.29 is 18.3 Å². The van der Waals surface area contributed by atoms with Gasteiger partial charge >= 0.3 is 0 Å². The average Bonchev–Trinajstić information content (AvgIpc) is 3.22. The molecule has 0 unspecified atom stereocenters. The molecular formula is C24H19ClFN3O3S. The summed E-state index contributed by atoms with van der Waals surface area (Å²) in [7, 11) is 3.40. The van der Waals surface area contributed by atoms with Gasteiger partial charge < -0.3 is 14.1 Å². The van der Waals surface area contributed by atoms with E-state index in [0.29, 0.717) is 43.6 Å². The maximum absolute atomic E-state index is 13.3. The van der Waals surface area contributed by atoms with Crippen LogP contribution in [-0.4, -0.2) is 34.9 Å². The van der Waals surface area contributed by atoms with Crippen LogP contribution in [-0.2, 0) is 6.61 Å². The van der Waals surface area contributed by atoms with Crippen LogP contribution < -0.4 is 4.74 Å². The number of rotatable bonds is 7. The van der Waals surface area contributed by atoms with Crippen LogP contribution in [0.4, 0.5) is 4.39 Å². The molecule has 0 spiro atoms. The molecule has 0 N–H and O–H groups in total. The van der Waals surface area contributed by atoms with Crippen LogP contribution in [0.15, 0.2) is 81.4 Å². The summed E-state index contributed by atoms with van der Waals surface area (Å²) in [6.45, 7) is 0.127. The van der Waals surface area contributed by atoms with Gasteiger partial charge in [0.25, 0.3) is 5.91 Å². The Morgan fingerprint density at radius 3 is 2.45 bits per heavy atom. The lowest BCUT2D eigenvalue weighted by Gasteiger charge is -2.11. The predicted molar refractivity (Wildman–Crippen MR) is 124 cm³/mol. The van der Waals surface area contributed by atoms with Crippen molar-refractivity contribution in [1.29, 1.82) is 0 Å². The van der Waals surface area contributed by atoms with Crippen LogP contribution >= 0.6 is 23.4 Å². The Balaban J connectivity index is 1.56. The molecule has 9 heteroatoms. The van der Waals surface area contributed by atoms with E-state index in [1.807, 2.05) is 0 Å². The molecule has 0 saturated heterocycles. The van der Waals surface area contributed by atoms with Gasteiger partial charge in [0.05, 0.1) is 5.02 Å². The zero-order valence-corrected chi connectivity index (χ0v) is 19.4. The number of carbonyl (C=O) groups is 1. The normalized spacial score (nSPS) is 10.8. The van der Waals surface area contributed by atoms with Crippen molar-refractivity contribution in [2.75, 3.05) is 14.1 Å². The topological polar surface area (TPSA) is 68.5 Å². The molecule has 4 aromatic rings. The summed E-state index contributed by atoms with van der Waals surface area (Å²) in [6, 6.07) is 16.3. The standard InChI is InChI=1S/C24H19ClFN3O3S/c1-29(2)23(30)16-5-10-19(11-6-16)31-14-20-24(33-21-12-7-17(25)13-27-21)32-22(28-20)15-3-8-18(26)9-4-15/h3-13H,14H2,1-2H3. The molecule has 2 aromatic carbocycles. The molecule has 6 nitrogen and oxygen atoms in total. The lowest BCUT2D eigenvalue weighted by Crippen LogP contribution is -2.21. The fraction of sp³-hybridized carbons (Fsp3) is 0.125. The molecule has 0 atom stereocenters. The summed E-state index contributed by atoms with van der Waals surface area (Å²) in [4.78, 5) is 22.4. The second-order valence-electron chi connectivity index (χ2n) is 7.19. The maximum Gasteiger partial charge on any atom is 0.253 e. The molecule has 2 aromatic heterocycles. The summed E-state index contributed by atoms with van der Waals surface area (Å²) >= 11 is 7.21. The molecule has 0 fully saturated rings. The maximum atomic E-state index is 13.3. The second kappa shape index (κ2) is 10.1. The number of amides is 1. The highest BCUT2D eigenvalue weighted by Gasteiger charge is 2.18. The molecule has 2 heterocycles. The van der Waals surface area contributed by atoms with Gasteiger partial charge in [-0.1, -0.05) is 11.6 Å². The highest BCUT2D eigenvalue weighted by molar-refractivity contribution is 7.99. The number of benzene rings is 2. The molecule has 0 saturated carbocycles. The van der Waals surface area contributed by atoms with Crippen LogP contribution in [0.5, 0.6) is 5.75 Å². The van der Waals surface area contributed by atoms with Crippen molar-refractivity contribution >= 4 is 29.3 Å². The molecule has 0 bridgehead atoms. The molecule has 33 heavy (non-hydrogen) atoms. The average molecular weight is 484 g/mol. The highest BCUT2D eigenvalue weighted by Crippen LogP contribution is 2.34. The van der Waals surface area contributed by atoms with Crippen LogP contribution in [0.3, 0.4) is 0 Å². The van der Waals surface area contributed by atoms with E-state index in [1.54, 1.807) is 68.8 Å². The van der Waals surface area contributed by atoms with Gasteiger partial charge in [-0.25, -0.2) is 14.4 Å². The summed E-state index contributed by atoms with van der Waals surface area (Å²) in [5.74, 6) is 0.496. The Labute approximate surface area is 199 Å². The van der Waals surface area contributed by atoms with Gasteiger partial charge in [-0.05, 0) is 72.4 Å². The first-order valence-electron chi connectivity index (χ1n) is 9.88. The fourth-order valence-corrected chi connectivity index (χ4v) is 3.73. The third-order valence-electron chi connectivity index (χ3n) is 4.53. The fourth-order valence-electron chi connectivity index (χ4n) is 2.85. The summed E-state index contributed by atoms with van der Waals surface area (Å²) < 4.78 is 25.2. The number of carbonyl (C=O) groups excluding carboxylic acids is 1. The second-order valence-corrected chi connectivity index (χ2v) is 8.62. The number of halogens is 2. The van der Waals surface area contributed by atoms with Crippen molar-refractivity contribution in [2.24, 2.45) is 0 Å². The molecule has 4 rings (SSSR count). The Morgan fingerprint density at radius 1 is 1.09 bits per heavy atom. The van der Waals surface area contributed by atoms with Crippen molar-refractivity contribution in [2.45, 2.75) is 16.7 Å². The molecule has 1 amide bonds. The van der Waals surface area contributed by atoms with E-state index in [2.05, 4.69) is 9.97 Å². The minimum atomic E-state index is -0.343. The first-order valence-corrected chi connectivity index (χ1v) is 11.1. The van der Waals surface area contributed by atoms with Crippen molar-refractivity contribution in [3.05, 3.63) is 89.0 Å². The highest BCUT2D eigenvalue weighted by atomic mass is 35.5. The first-order chi connectivity index (χ1) is 15.9. The van der Waals surface area contributed by atoms with Gasteiger partial charge in [-0.3, -0.25) is 4.79 Å². The number of aromatic nitrogens is 2. The van der Waals surface area contributed by atoms with Crippen molar-refractivity contribution in [1.82, 2.24) is 14.9 Å². The van der Waals surface area contributed by atoms with E-state index in [9.17, 15) is 9.18 Å². The number of pyridine rings is 1. The van der Waals surface area contributed by atoms with Gasteiger partial charge in [0, 0.05) is 31.4 Å². The summed E-state index contributed by atoms with van der Waals surface area (Å²) in [5.41, 5.74) is 1.77. The minimum Gasteiger partial charge on any atom is -0.487 e. The van der Waals surface area contributed by atoms with E-state index in [-0.39, 0.29) is 18.3 Å². The summed E-state index contributed by atoms with van der Waals surface area (Å²) in [5, 5.41) is 1.71. The zero-order chi connectivity index (χ0) is 23.4. The van der Waals surface area contributed by atoms with Crippen LogP contribution in [0.1, 0.15) is 16.1 Å². The third-order valence-corrected chi connectivity index (χ3v) is 5.71. The number of ether oxygens (including phenoxy) is 1. The number of oxazole rings is 1. The number of hydrogen-bond acceptors (Lipinski definition) is 6. The van der Waals surface area contributed by atoms with E-state index in [1.165, 1.54) is 28.8 Å². The van der Waals surface area contributed by atoms with Crippen LogP contribution in [0.25, 0.3) is 11.5 Å². The molecule has 0 aliphatic carbocycles. The Kier molecular flexibility index (Phi) is 6.96. The lowest BCUT2D eigenvalue weighted by molar-refractivity contribution is 0.0827. The predicted octanol–water partition coefficient (Wildman–Crippen LogP) is 5.96. The largest absolute Gasteiger partial charge is 0.487 e.